The van der Waals surface area contributed by atoms with Gasteiger partial charge in [0.25, 0.3) is 0 Å². The third-order valence-electron chi connectivity index (χ3n) is 23.2. The van der Waals surface area contributed by atoms with Crippen molar-refractivity contribution in [1.82, 2.24) is 0 Å². The van der Waals surface area contributed by atoms with Crippen molar-refractivity contribution in [2.75, 3.05) is 0 Å². The summed E-state index contributed by atoms with van der Waals surface area (Å²) < 4.78 is 0. The first kappa shape index (κ1) is 47.2. The average molecular weight is 876 g/mol. The molecule has 10 saturated carbocycles. The van der Waals surface area contributed by atoms with E-state index in [-0.39, 0.29) is 0 Å². The first-order valence-electron chi connectivity index (χ1n) is 31.2. The Morgan fingerprint density at radius 2 is 0.453 bits per heavy atom. The lowest BCUT2D eigenvalue weighted by molar-refractivity contribution is -0.0123. The van der Waals surface area contributed by atoms with Crippen LogP contribution in [0.15, 0.2) is 23.3 Å². The SMILES string of the molecule is C(=C(C1CCCCC1)C1CCCCC1)C1CCC(C2CCC(C3CCC(C4CCC(C=C(C5CCCCC5)C5CCCCC5)CC4)C(C4CCCCC4)C3)CC2C2CCCCC2)CC1. The Morgan fingerprint density at radius 3 is 0.750 bits per heavy atom. The number of hydrogen-bond donors (Lipinski definition) is 0. The predicted molar refractivity (Wildman–Crippen MR) is 275 cm³/mol. The van der Waals surface area contributed by atoms with Gasteiger partial charge in [0, 0.05) is 0 Å². The molecule has 0 amide bonds. The first-order valence-corrected chi connectivity index (χ1v) is 31.2. The van der Waals surface area contributed by atoms with Gasteiger partial charge in [-0.25, -0.2) is 0 Å². The molecule has 10 aliphatic carbocycles. The van der Waals surface area contributed by atoms with E-state index in [1.54, 1.807) is 141 Å². The van der Waals surface area contributed by atoms with Gasteiger partial charge in [0.15, 0.2) is 0 Å². The highest BCUT2D eigenvalue weighted by Gasteiger charge is 2.47. The standard InChI is InChI=1S/C64H106/c1-7-19-49(20-8-1)61(50-21-9-2-10-22-50)43-47-31-35-55(36-32-47)59-41-39-57(45-63(59)53-27-15-5-16-28-53)58-40-42-60(64(46-58)54-29-17-6-18-30-54)56-37-33-48(34-38-56)44-62(51-23-11-3-12-24-51)52-25-13-4-14-26-52/h43-44,47-60,63-64H,1-42,45-46H2. The summed E-state index contributed by atoms with van der Waals surface area (Å²) in [6, 6.07) is 0. The first-order chi connectivity index (χ1) is 31.7. The van der Waals surface area contributed by atoms with E-state index in [4.69, 9.17) is 0 Å². The number of rotatable bonds is 11. The fourth-order valence-corrected chi connectivity index (χ4v) is 19.7. The molecule has 0 aromatic heterocycles. The van der Waals surface area contributed by atoms with E-state index >= 15 is 0 Å². The van der Waals surface area contributed by atoms with Crippen LogP contribution in [0.1, 0.15) is 283 Å². The van der Waals surface area contributed by atoms with E-state index in [0.717, 1.165) is 94.7 Å². The quantitative estimate of drug-likeness (QED) is 0.181. The Labute approximate surface area is 398 Å². The smallest absolute Gasteiger partial charge is 0.0200 e. The highest BCUT2D eigenvalue weighted by atomic mass is 14.5. The monoisotopic (exact) mass is 875 g/mol. The number of hydrogen-bond acceptors (Lipinski definition) is 0. The van der Waals surface area contributed by atoms with Gasteiger partial charge in [-0.3, -0.25) is 0 Å². The minimum absolute atomic E-state index is 0.915. The molecule has 362 valence electrons. The molecule has 6 atom stereocenters. The molecule has 64 heavy (non-hydrogen) atoms. The molecule has 0 N–H and O–H groups in total. The maximum Gasteiger partial charge on any atom is -0.0200 e. The van der Waals surface area contributed by atoms with E-state index in [1.807, 2.05) is 11.1 Å². The van der Waals surface area contributed by atoms with Crippen LogP contribution in [0.5, 0.6) is 0 Å². The van der Waals surface area contributed by atoms with Gasteiger partial charge in [-0.05, 0) is 236 Å². The van der Waals surface area contributed by atoms with Crippen LogP contribution in [0.4, 0.5) is 0 Å². The van der Waals surface area contributed by atoms with E-state index in [9.17, 15) is 0 Å². The van der Waals surface area contributed by atoms with E-state index < -0.39 is 0 Å². The molecule has 10 rings (SSSR count). The zero-order valence-electron chi connectivity index (χ0n) is 42.5. The Hall–Kier alpha value is -0.520. The van der Waals surface area contributed by atoms with Gasteiger partial charge in [-0.15, -0.1) is 0 Å². The van der Waals surface area contributed by atoms with Crippen molar-refractivity contribution in [2.45, 2.75) is 283 Å². The highest BCUT2D eigenvalue weighted by Crippen LogP contribution is 2.57. The largest absolute Gasteiger partial charge is 0.0817 e. The van der Waals surface area contributed by atoms with Crippen LogP contribution < -0.4 is 0 Å². The van der Waals surface area contributed by atoms with E-state index in [2.05, 4.69) is 12.2 Å². The normalized spacial score (nSPS) is 39.2. The Bertz CT molecular complexity index is 1250. The molecule has 10 fully saturated rings. The molecular weight excluding hydrogens is 769 g/mol. The second-order valence-electron chi connectivity index (χ2n) is 26.6. The maximum absolute atomic E-state index is 3.01. The van der Waals surface area contributed by atoms with Gasteiger partial charge in [-0.2, -0.15) is 0 Å². The van der Waals surface area contributed by atoms with Gasteiger partial charge >= 0.3 is 0 Å². The summed E-state index contributed by atoms with van der Waals surface area (Å²) in [6.45, 7) is 0. The molecule has 0 aliphatic heterocycles. The van der Waals surface area contributed by atoms with Gasteiger partial charge in [0.1, 0.15) is 0 Å². The van der Waals surface area contributed by atoms with Crippen LogP contribution in [0, 0.1) is 94.7 Å². The predicted octanol–water partition coefficient (Wildman–Crippen LogP) is 20.0. The van der Waals surface area contributed by atoms with Gasteiger partial charge in [0.05, 0.1) is 0 Å². The molecule has 0 aromatic carbocycles. The Balaban J connectivity index is 0.781. The van der Waals surface area contributed by atoms with Gasteiger partial charge in [0.2, 0.25) is 0 Å². The third kappa shape index (κ3) is 11.9. The Kier molecular flexibility index (Phi) is 17.6. The summed E-state index contributed by atoms with van der Waals surface area (Å²) in [5.74, 6) is 16.4. The molecule has 0 heteroatoms. The topological polar surface area (TPSA) is 0 Å². The molecule has 0 aromatic rings. The lowest BCUT2D eigenvalue weighted by atomic mass is 9.54. The highest BCUT2D eigenvalue weighted by molar-refractivity contribution is 5.16. The molecule has 0 spiro atoms. The summed E-state index contributed by atoms with van der Waals surface area (Å²) in [4.78, 5) is 0. The Morgan fingerprint density at radius 1 is 0.203 bits per heavy atom. The van der Waals surface area contributed by atoms with Crippen molar-refractivity contribution < 1.29 is 0 Å². The second-order valence-corrected chi connectivity index (χ2v) is 26.6. The van der Waals surface area contributed by atoms with Crippen LogP contribution >= 0.6 is 0 Å². The van der Waals surface area contributed by atoms with Crippen molar-refractivity contribution in [3.63, 3.8) is 0 Å². The van der Waals surface area contributed by atoms with Crippen molar-refractivity contribution in [3.05, 3.63) is 23.3 Å². The van der Waals surface area contributed by atoms with Gasteiger partial charge < -0.3 is 0 Å². The van der Waals surface area contributed by atoms with Crippen molar-refractivity contribution >= 4 is 0 Å². The van der Waals surface area contributed by atoms with Gasteiger partial charge in [-0.1, -0.05) is 165 Å². The zero-order valence-corrected chi connectivity index (χ0v) is 42.5. The van der Waals surface area contributed by atoms with Crippen molar-refractivity contribution in [1.29, 1.82) is 0 Å². The fraction of sp³-hybridized carbons (Fsp3) is 0.938. The summed E-state index contributed by atoms with van der Waals surface area (Å²) in [6.07, 6.45) is 74.2. The average Bonchev–Trinajstić information content (AvgIpc) is 3.39. The summed E-state index contributed by atoms with van der Waals surface area (Å²) in [7, 11) is 0. The van der Waals surface area contributed by atoms with Crippen LogP contribution in [-0.2, 0) is 0 Å². The molecule has 0 bridgehead atoms. The molecule has 0 heterocycles. The zero-order chi connectivity index (χ0) is 42.9. The molecule has 6 unspecified atom stereocenters. The van der Waals surface area contributed by atoms with Crippen molar-refractivity contribution in [2.24, 2.45) is 94.7 Å². The van der Waals surface area contributed by atoms with E-state index in [1.165, 1.54) is 141 Å². The molecule has 0 saturated heterocycles. The van der Waals surface area contributed by atoms with Crippen LogP contribution in [0.3, 0.4) is 0 Å². The van der Waals surface area contributed by atoms with E-state index in [0.29, 0.717) is 0 Å². The molecule has 0 radical (unpaired) electrons. The molecular formula is C64H106. The maximum atomic E-state index is 3.01. The van der Waals surface area contributed by atoms with Crippen LogP contribution in [0.2, 0.25) is 0 Å². The minimum atomic E-state index is 0.915. The number of allylic oxidation sites excluding steroid dienone is 4. The fourth-order valence-electron chi connectivity index (χ4n) is 19.7. The third-order valence-corrected chi connectivity index (χ3v) is 23.2. The minimum Gasteiger partial charge on any atom is -0.0817 e. The van der Waals surface area contributed by atoms with Crippen molar-refractivity contribution in [3.8, 4) is 0 Å². The summed E-state index contributed by atoms with van der Waals surface area (Å²) >= 11 is 0. The van der Waals surface area contributed by atoms with Crippen LogP contribution in [0.25, 0.3) is 0 Å². The molecule has 10 aliphatic rings. The molecule has 0 nitrogen and oxygen atoms in total. The lowest BCUT2D eigenvalue weighted by Crippen LogP contribution is -2.42. The summed E-state index contributed by atoms with van der Waals surface area (Å²) in [5, 5.41) is 0. The lowest BCUT2D eigenvalue weighted by Gasteiger charge is -2.51. The van der Waals surface area contributed by atoms with Crippen LogP contribution in [-0.4, -0.2) is 0 Å². The second kappa shape index (κ2) is 23.9. The summed E-state index contributed by atoms with van der Waals surface area (Å²) in [5.41, 5.74) is 4.03.